The maximum atomic E-state index is 13.0. The van der Waals surface area contributed by atoms with E-state index in [4.69, 9.17) is 13.9 Å². The third-order valence-electron chi connectivity index (χ3n) is 3.69. The lowest BCUT2D eigenvalue weighted by molar-refractivity contribution is -0.385. The van der Waals surface area contributed by atoms with Crippen LogP contribution in [0.3, 0.4) is 0 Å². The van der Waals surface area contributed by atoms with Crippen LogP contribution in [-0.4, -0.2) is 22.5 Å². The summed E-state index contributed by atoms with van der Waals surface area (Å²) < 4.78 is 28.6. The first-order chi connectivity index (χ1) is 13.5. The number of halogens is 1. The molecule has 0 aliphatic carbocycles. The molecule has 0 N–H and O–H groups in total. The van der Waals surface area contributed by atoms with Gasteiger partial charge in [-0.25, -0.2) is 14.2 Å². The molecule has 28 heavy (non-hydrogen) atoms. The van der Waals surface area contributed by atoms with Crippen molar-refractivity contribution in [3.05, 3.63) is 75.9 Å². The molecule has 0 spiro atoms. The Morgan fingerprint density at radius 1 is 1.25 bits per heavy atom. The molecule has 2 aromatic carbocycles. The molecule has 0 bridgehead atoms. The summed E-state index contributed by atoms with van der Waals surface area (Å²) in [6, 6.07) is 9.40. The maximum absolute atomic E-state index is 13.0. The minimum atomic E-state index is -0.752. The molecule has 1 heterocycles. The van der Waals surface area contributed by atoms with Crippen LogP contribution in [0, 0.1) is 15.9 Å². The highest BCUT2D eigenvalue weighted by Gasteiger charge is 2.19. The van der Waals surface area contributed by atoms with Crippen LogP contribution in [0.4, 0.5) is 10.1 Å². The molecule has 9 heteroatoms. The Bertz CT molecular complexity index is 1000. The van der Waals surface area contributed by atoms with Crippen LogP contribution < -0.4 is 4.74 Å². The fourth-order valence-electron chi connectivity index (χ4n) is 2.39. The summed E-state index contributed by atoms with van der Waals surface area (Å²) >= 11 is 0. The van der Waals surface area contributed by atoms with Gasteiger partial charge in [0, 0.05) is 11.6 Å². The smallest absolute Gasteiger partial charge is 0.338 e. The highest BCUT2D eigenvalue weighted by Crippen LogP contribution is 2.28. The summed E-state index contributed by atoms with van der Waals surface area (Å²) in [6.07, 6.45) is 1.31. The van der Waals surface area contributed by atoms with Gasteiger partial charge in [-0.3, -0.25) is 10.1 Å². The van der Waals surface area contributed by atoms with Crippen LogP contribution in [0.15, 0.2) is 53.1 Å². The Morgan fingerprint density at radius 2 is 2.00 bits per heavy atom. The van der Waals surface area contributed by atoms with E-state index in [1.807, 2.05) is 0 Å². The molecule has 0 fully saturated rings. The molecule has 0 unspecified atom stereocenters. The topological polar surface area (TPSA) is 105 Å². The lowest BCUT2D eigenvalue weighted by Crippen LogP contribution is -2.07. The number of carbonyl (C=O) groups excluding carboxylic acids is 1. The number of carbonyl (C=O) groups is 1. The van der Waals surface area contributed by atoms with E-state index in [9.17, 15) is 19.3 Å². The lowest BCUT2D eigenvalue weighted by Gasteiger charge is -2.06. The molecule has 0 atom stereocenters. The minimum absolute atomic E-state index is 0.0115. The first-order valence-electron chi connectivity index (χ1n) is 8.26. The van der Waals surface area contributed by atoms with E-state index in [-0.39, 0.29) is 41.9 Å². The van der Waals surface area contributed by atoms with Crippen LogP contribution in [0.25, 0.3) is 11.5 Å². The molecule has 3 rings (SSSR count). The average Bonchev–Trinajstić information content (AvgIpc) is 3.16. The summed E-state index contributed by atoms with van der Waals surface area (Å²) in [4.78, 5) is 26.9. The van der Waals surface area contributed by atoms with Crippen LogP contribution >= 0.6 is 0 Å². The van der Waals surface area contributed by atoms with Crippen LogP contribution in [-0.2, 0) is 11.3 Å². The maximum Gasteiger partial charge on any atom is 0.338 e. The molecule has 0 radical (unpaired) electrons. The Kier molecular flexibility index (Phi) is 5.64. The number of rotatable bonds is 7. The van der Waals surface area contributed by atoms with E-state index in [1.165, 1.54) is 42.7 Å². The number of oxazole rings is 1. The van der Waals surface area contributed by atoms with E-state index < -0.39 is 10.9 Å². The van der Waals surface area contributed by atoms with Gasteiger partial charge in [0.1, 0.15) is 24.4 Å². The van der Waals surface area contributed by atoms with Gasteiger partial charge in [-0.1, -0.05) is 0 Å². The molecule has 0 saturated heterocycles. The third kappa shape index (κ3) is 4.32. The second-order valence-electron chi connectivity index (χ2n) is 5.60. The molecule has 0 aliphatic heterocycles. The van der Waals surface area contributed by atoms with Crippen molar-refractivity contribution < 1.29 is 28.0 Å². The number of esters is 1. The van der Waals surface area contributed by atoms with Gasteiger partial charge in [-0.15, -0.1) is 0 Å². The molecule has 8 nitrogen and oxygen atoms in total. The fourth-order valence-corrected chi connectivity index (χ4v) is 2.39. The fraction of sp³-hybridized carbons (Fsp3) is 0.158. The standard InChI is InChI=1S/C19H15FN2O6/c1-2-26-17-8-5-13(9-16(17)22(24)25)19(23)28-11-15-10-27-18(21-15)12-3-6-14(20)7-4-12/h3-10H,2,11H2,1H3. The molecule has 144 valence electrons. The van der Waals surface area contributed by atoms with Gasteiger partial charge < -0.3 is 13.9 Å². The van der Waals surface area contributed by atoms with Crippen LogP contribution in [0.1, 0.15) is 23.0 Å². The molecular formula is C19H15FN2O6. The SMILES string of the molecule is CCOc1ccc(C(=O)OCc2coc(-c3ccc(F)cc3)n2)cc1[N+](=O)[O-]. The van der Waals surface area contributed by atoms with E-state index >= 15 is 0 Å². The van der Waals surface area contributed by atoms with Crippen molar-refractivity contribution in [3.8, 4) is 17.2 Å². The Labute approximate surface area is 158 Å². The van der Waals surface area contributed by atoms with Gasteiger partial charge in [-0.2, -0.15) is 0 Å². The predicted octanol–water partition coefficient (Wildman–Crippen LogP) is 4.14. The first-order valence-corrected chi connectivity index (χ1v) is 8.26. The summed E-state index contributed by atoms with van der Waals surface area (Å²) in [5.74, 6) is -0.807. The second kappa shape index (κ2) is 8.30. The van der Waals surface area contributed by atoms with Crippen molar-refractivity contribution in [2.45, 2.75) is 13.5 Å². The number of nitro groups is 1. The number of benzene rings is 2. The zero-order valence-corrected chi connectivity index (χ0v) is 14.8. The van der Waals surface area contributed by atoms with E-state index in [1.54, 1.807) is 6.92 Å². The van der Waals surface area contributed by atoms with Crippen molar-refractivity contribution in [2.75, 3.05) is 6.61 Å². The molecule has 3 aromatic rings. The molecule has 1 aromatic heterocycles. The quantitative estimate of drug-likeness (QED) is 0.341. The molecule has 0 saturated carbocycles. The largest absolute Gasteiger partial charge is 0.487 e. The van der Waals surface area contributed by atoms with Gasteiger partial charge in [0.15, 0.2) is 5.75 Å². The van der Waals surface area contributed by atoms with E-state index in [2.05, 4.69) is 4.98 Å². The number of nitrogens with zero attached hydrogens (tertiary/aromatic N) is 2. The third-order valence-corrected chi connectivity index (χ3v) is 3.69. The highest BCUT2D eigenvalue weighted by atomic mass is 19.1. The summed E-state index contributed by atoms with van der Waals surface area (Å²) in [5, 5.41) is 11.1. The Morgan fingerprint density at radius 3 is 2.68 bits per heavy atom. The minimum Gasteiger partial charge on any atom is -0.487 e. The zero-order chi connectivity index (χ0) is 20.1. The molecule has 0 aliphatic rings. The normalized spacial score (nSPS) is 10.5. The Hall–Kier alpha value is -3.75. The van der Waals surface area contributed by atoms with Crippen molar-refractivity contribution in [1.29, 1.82) is 0 Å². The van der Waals surface area contributed by atoms with E-state index in [0.29, 0.717) is 11.3 Å². The number of nitro benzene ring substituents is 1. The number of ether oxygens (including phenoxy) is 2. The predicted molar refractivity (Wildman–Crippen MR) is 95.3 cm³/mol. The average molecular weight is 386 g/mol. The van der Waals surface area contributed by atoms with Crippen molar-refractivity contribution in [1.82, 2.24) is 4.98 Å². The number of hydrogen-bond acceptors (Lipinski definition) is 7. The zero-order valence-electron chi connectivity index (χ0n) is 14.8. The van der Waals surface area contributed by atoms with Gasteiger partial charge in [-0.05, 0) is 43.3 Å². The van der Waals surface area contributed by atoms with Crippen molar-refractivity contribution >= 4 is 11.7 Å². The van der Waals surface area contributed by atoms with Gasteiger partial charge in [0.05, 0.1) is 17.1 Å². The van der Waals surface area contributed by atoms with Gasteiger partial charge >= 0.3 is 11.7 Å². The van der Waals surface area contributed by atoms with E-state index in [0.717, 1.165) is 6.07 Å². The van der Waals surface area contributed by atoms with Crippen LogP contribution in [0.2, 0.25) is 0 Å². The first kappa shape index (κ1) is 19.0. The molecular weight excluding hydrogens is 371 g/mol. The second-order valence-corrected chi connectivity index (χ2v) is 5.60. The van der Waals surface area contributed by atoms with Crippen molar-refractivity contribution in [2.24, 2.45) is 0 Å². The number of hydrogen-bond donors (Lipinski definition) is 0. The highest BCUT2D eigenvalue weighted by molar-refractivity contribution is 5.90. The van der Waals surface area contributed by atoms with Crippen LogP contribution in [0.5, 0.6) is 5.75 Å². The molecule has 0 amide bonds. The Balaban J connectivity index is 1.68. The monoisotopic (exact) mass is 386 g/mol. The summed E-state index contributed by atoms with van der Waals surface area (Å²) in [6.45, 7) is 1.77. The van der Waals surface area contributed by atoms with Gasteiger partial charge in [0.25, 0.3) is 0 Å². The van der Waals surface area contributed by atoms with Gasteiger partial charge in [0.2, 0.25) is 5.89 Å². The summed E-state index contributed by atoms with van der Waals surface area (Å²) in [5.41, 5.74) is 0.600. The summed E-state index contributed by atoms with van der Waals surface area (Å²) in [7, 11) is 0. The number of aromatic nitrogens is 1. The lowest BCUT2D eigenvalue weighted by atomic mass is 10.2. The van der Waals surface area contributed by atoms with Crippen molar-refractivity contribution in [3.63, 3.8) is 0 Å².